The first-order valence-corrected chi connectivity index (χ1v) is 11.7. The summed E-state index contributed by atoms with van der Waals surface area (Å²) in [5, 5.41) is 2.74. The van der Waals surface area contributed by atoms with Gasteiger partial charge in [-0.15, -0.1) is 0 Å². The van der Waals surface area contributed by atoms with E-state index < -0.39 is 17.7 Å². The van der Waals surface area contributed by atoms with Gasteiger partial charge in [0.25, 0.3) is 0 Å². The van der Waals surface area contributed by atoms with Crippen molar-refractivity contribution in [1.29, 1.82) is 0 Å². The summed E-state index contributed by atoms with van der Waals surface area (Å²) in [4.78, 5) is 16.5. The van der Waals surface area contributed by atoms with E-state index >= 15 is 0 Å². The fourth-order valence-electron chi connectivity index (χ4n) is 4.11. The number of amides is 1. The maximum atomic E-state index is 14.1. The minimum atomic E-state index is -0.572. The van der Waals surface area contributed by atoms with Crippen LogP contribution >= 0.6 is 0 Å². The van der Waals surface area contributed by atoms with Crippen LogP contribution in [0.2, 0.25) is 0 Å². The van der Waals surface area contributed by atoms with Gasteiger partial charge in [-0.1, -0.05) is 62.2 Å². The highest BCUT2D eigenvalue weighted by Gasteiger charge is 2.24. The first-order valence-electron chi connectivity index (χ1n) is 11.7. The zero-order chi connectivity index (χ0) is 23.9. The minimum Gasteiger partial charge on any atom is -0.449 e. The zero-order valence-corrected chi connectivity index (χ0v) is 19.2. The number of halogens is 2. The summed E-state index contributed by atoms with van der Waals surface area (Å²) in [5.41, 5.74) is 4.20. The number of anilines is 1. The molecule has 4 rings (SSSR count). The number of carbonyl (C=O) groups excluding carboxylic acids is 1. The van der Waals surface area contributed by atoms with Crippen LogP contribution < -0.4 is 5.32 Å². The van der Waals surface area contributed by atoms with Crippen LogP contribution in [0.15, 0.2) is 71.7 Å². The summed E-state index contributed by atoms with van der Waals surface area (Å²) >= 11 is 0. The molecule has 0 fully saturated rings. The molecule has 1 amide bonds. The maximum Gasteiger partial charge on any atom is 0.411 e. The average molecular weight is 463 g/mol. The van der Waals surface area contributed by atoms with E-state index in [2.05, 4.69) is 17.2 Å². The van der Waals surface area contributed by atoms with E-state index in [1.165, 1.54) is 18.2 Å². The van der Waals surface area contributed by atoms with Gasteiger partial charge < -0.3 is 4.74 Å². The van der Waals surface area contributed by atoms with Crippen molar-refractivity contribution in [2.24, 2.45) is 4.99 Å². The summed E-state index contributed by atoms with van der Waals surface area (Å²) < 4.78 is 33.4. The van der Waals surface area contributed by atoms with Gasteiger partial charge in [-0.05, 0) is 60.2 Å². The number of nitrogens with zero attached hydrogens (tertiary/aromatic N) is 1. The second-order valence-electron chi connectivity index (χ2n) is 8.39. The molecule has 1 aliphatic heterocycles. The third kappa shape index (κ3) is 5.68. The fraction of sp³-hybridized carbons (Fsp3) is 0.286. The number of hydrogen-bond donors (Lipinski definition) is 1. The molecule has 0 saturated carbocycles. The van der Waals surface area contributed by atoms with E-state index in [-0.39, 0.29) is 11.6 Å². The number of nitrogens with one attached hydrogen (secondary N) is 1. The van der Waals surface area contributed by atoms with E-state index in [0.717, 1.165) is 42.4 Å². The van der Waals surface area contributed by atoms with Crippen LogP contribution in [-0.2, 0) is 4.74 Å². The first kappa shape index (κ1) is 23.6. The SMILES string of the molecule is CCCCCOC(=O)Nc1ccc(-c2ccc(C3CCC(c4c(F)cccc4F)=N3)cc2)cc1. The molecular formula is C28H28F2N2O2. The van der Waals surface area contributed by atoms with Gasteiger partial charge in [0.05, 0.1) is 18.2 Å². The molecule has 4 nitrogen and oxygen atoms in total. The third-order valence-electron chi connectivity index (χ3n) is 5.96. The largest absolute Gasteiger partial charge is 0.449 e. The van der Waals surface area contributed by atoms with E-state index in [1.807, 2.05) is 48.5 Å². The lowest BCUT2D eigenvalue weighted by Gasteiger charge is -2.10. The predicted molar refractivity (Wildman–Crippen MR) is 131 cm³/mol. The highest BCUT2D eigenvalue weighted by Crippen LogP contribution is 2.33. The Kier molecular flexibility index (Phi) is 7.68. The maximum absolute atomic E-state index is 14.1. The lowest BCUT2D eigenvalue weighted by atomic mass is 9.99. The number of aliphatic imine (C=N–C) groups is 1. The molecule has 1 N–H and O–H groups in total. The average Bonchev–Trinajstić information content (AvgIpc) is 3.32. The van der Waals surface area contributed by atoms with Gasteiger partial charge in [-0.3, -0.25) is 10.3 Å². The number of unbranched alkanes of at least 4 members (excludes halogenated alkanes) is 2. The third-order valence-corrected chi connectivity index (χ3v) is 5.96. The van der Waals surface area contributed by atoms with Gasteiger partial charge in [-0.25, -0.2) is 13.6 Å². The first-order chi connectivity index (χ1) is 16.5. The van der Waals surface area contributed by atoms with Gasteiger partial charge in [0.15, 0.2) is 0 Å². The van der Waals surface area contributed by atoms with Gasteiger partial charge in [-0.2, -0.15) is 0 Å². The highest BCUT2D eigenvalue weighted by molar-refractivity contribution is 6.02. The van der Waals surface area contributed by atoms with E-state index in [9.17, 15) is 13.6 Å². The van der Waals surface area contributed by atoms with Crippen molar-refractivity contribution in [1.82, 2.24) is 0 Å². The Morgan fingerprint density at radius 3 is 2.26 bits per heavy atom. The highest BCUT2D eigenvalue weighted by atomic mass is 19.1. The van der Waals surface area contributed by atoms with Crippen molar-refractivity contribution >= 4 is 17.5 Å². The molecule has 34 heavy (non-hydrogen) atoms. The van der Waals surface area contributed by atoms with Gasteiger partial charge in [0, 0.05) is 11.4 Å². The normalized spacial score (nSPS) is 15.1. The summed E-state index contributed by atoms with van der Waals surface area (Å²) in [6.45, 7) is 2.52. The van der Waals surface area contributed by atoms with E-state index in [0.29, 0.717) is 24.4 Å². The fourth-order valence-corrected chi connectivity index (χ4v) is 4.11. The molecule has 1 aliphatic rings. The molecule has 0 saturated heterocycles. The Balaban J connectivity index is 1.38. The minimum absolute atomic E-state index is 0.0137. The molecule has 6 heteroatoms. The summed E-state index contributed by atoms with van der Waals surface area (Å²) in [6.07, 6.45) is 3.80. The van der Waals surface area contributed by atoms with Crippen LogP contribution in [0.3, 0.4) is 0 Å². The topological polar surface area (TPSA) is 50.7 Å². The summed E-state index contributed by atoms with van der Waals surface area (Å²) in [5.74, 6) is -1.14. The Labute approximate surface area is 198 Å². The monoisotopic (exact) mass is 462 g/mol. The van der Waals surface area contributed by atoms with Crippen LogP contribution in [0, 0.1) is 11.6 Å². The molecule has 1 heterocycles. The molecule has 3 aromatic rings. The van der Waals surface area contributed by atoms with Crippen molar-refractivity contribution in [3.8, 4) is 11.1 Å². The Morgan fingerprint density at radius 1 is 0.971 bits per heavy atom. The number of carbonyl (C=O) groups is 1. The number of hydrogen-bond acceptors (Lipinski definition) is 3. The molecule has 0 aliphatic carbocycles. The molecule has 176 valence electrons. The molecule has 1 unspecified atom stereocenters. The smallest absolute Gasteiger partial charge is 0.411 e. The summed E-state index contributed by atoms with van der Waals surface area (Å²) in [6, 6.07) is 19.4. The van der Waals surface area contributed by atoms with Gasteiger partial charge >= 0.3 is 6.09 Å². The van der Waals surface area contributed by atoms with Crippen molar-refractivity contribution in [3.63, 3.8) is 0 Å². The molecule has 0 radical (unpaired) electrons. The molecule has 1 atom stereocenters. The molecule has 0 aromatic heterocycles. The number of rotatable bonds is 8. The lowest BCUT2D eigenvalue weighted by molar-refractivity contribution is 0.159. The van der Waals surface area contributed by atoms with E-state index in [4.69, 9.17) is 4.74 Å². The quantitative estimate of drug-likeness (QED) is 0.349. The van der Waals surface area contributed by atoms with Gasteiger partial charge in [0.1, 0.15) is 11.6 Å². The lowest BCUT2D eigenvalue weighted by Crippen LogP contribution is -2.14. The van der Waals surface area contributed by atoms with Gasteiger partial charge in [0.2, 0.25) is 0 Å². The second-order valence-corrected chi connectivity index (χ2v) is 8.39. The predicted octanol–water partition coefficient (Wildman–Crippen LogP) is 7.69. The Hall–Kier alpha value is -3.54. The number of ether oxygens (including phenoxy) is 1. The van der Waals surface area contributed by atoms with Crippen molar-refractivity contribution in [3.05, 3.63) is 89.5 Å². The Bertz CT molecular complexity index is 1140. The molecular weight excluding hydrogens is 434 g/mol. The van der Waals surface area contributed by atoms with E-state index in [1.54, 1.807) is 0 Å². The second kappa shape index (κ2) is 11.1. The zero-order valence-electron chi connectivity index (χ0n) is 19.2. The number of benzene rings is 3. The van der Waals surface area contributed by atoms with Crippen LogP contribution in [0.4, 0.5) is 19.3 Å². The standard InChI is InChI=1S/C28H28F2N2O2/c1-2-3-4-18-34-28(33)31-22-14-12-20(13-15-22)19-8-10-21(11-9-19)25-16-17-26(32-25)27-23(29)6-5-7-24(27)30/h5-15,25H,2-4,16-18H2,1H3,(H,31,33). The van der Waals surface area contributed by atoms with Crippen molar-refractivity contribution in [2.45, 2.75) is 45.1 Å². The van der Waals surface area contributed by atoms with Crippen LogP contribution in [0.5, 0.6) is 0 Å². The van der Waals surface area contributed by atoms with Crippen LogP contribution in [0.25, 0.3) is 11.1 Å². The molecule has 0 spiro atoms. The van der Waals surface area contributed by atoms with Crippen molar-refractivity contribution in [2.75, 3.05) is 11.9 Å². The van der Waals surface area contributed by atoms with Crippen LogP contribution in [-0.4, -0.2) is 18.4 Å². The summed E-state index contributed by atoms with van der Waals surface area (Å²) in [7, 11) is 0. The van der Waals surface area contributed by atoms with Crippen molar-refractivity contribution < 1.29 is 18.3 Å². The molecule has 3 aromatic carbocycles. The van der Waals surface area contributed by atoms with Crippen LogP contribution in [0.1, 0.15) is 56.2 Å². The Morgan fingerprint density at radius 2 is 1.62 bits per heavy atom. The molecule has 0 bridgehead atoms.